The molecule has 2 rings (SSSR count). The number of nitrogens with one attached hydrogen (secondary N) is 1. The summed E-state index contributed by atoms with van der Waals surface area (Å²) in [6, 6.07) is 15.1. The SMILES string of the molecule is CCC(Nc1ccccc1S(C)(=O)=O)c1cccc(Br)c1. The van der Waals surface area contributed by atoms with Crippen molar-refractivity contribution in [3.63, 3.8) is 0 Å². The first-order chi connectivity index (χ1) is 9.91. The zero-order valence-electron chi connectivity index (χ0n) is 12.0. The maximum absolute atomic E-state index is 11.9. The van der Waals surface area contributed by atoms with Crippen molar-refractivity contribution in [1.29, 1.82) is 0 Å². The third kappa shape index (κ3) is 4.08. The molecule has 0 saturated carbocycles. The number of halogens is 1. The molecular formula is C16H18BrNO2S. The van der Waals surface area contributed by atoms with Crippen molar-refractivity contribution in [3.05, 3.63) is 58.6 Å². The van der Waals surface area contributed by atoms with Crippen LogP contribution in [0, 0.1) is 0 Å². The fourth-order valence-electron chi connectivity index (χ4n) is 2.24. The van der Waals surface area contributed by atoms with E-state index in [4.69, 9.17) is 0 Å². The molecule has 0 saturated heterocycles. The highest BCUT2D eigenvalue weighted by Gasteiger charge is 2.16. The maximum Gasteiger partial charge on any atom is 0.177 e. The minimum atomic E-state index is -3.25. The third-order valence-electron chi connectivity index (χ3n) is 3.28. The Morgan fingerprint density at radius 2 is 1.86 bits per heavy atom. The van der Waals surface area contributed by atoms with Crippen LogP contribution in [0.4, 0.5) is 5.69 Å². The van der Waals surface area contributed by atoms with Crippen molar-refractivity contribution in [1.82, 2.24) is 0 Å². The molecule has 0 aliphatic carbocycles. The summed E-state index contributed by atoms with van der Waals surface area (Å²) in [5.74, 6) is 0. The van der Waals surface area contributed by atoms with Gasteiger partial charge in [-0.15, -0.1) is 0 Å². The molecule has 0 aliphatic heterocycles. The number of sulfone groups is 1. The van der Waals surface area contributed by atoms with Gasteiger partial charge < -0.3 is 5.32 Å². The van der Waals surface area contributed by atoms with E-state index in [1.165, 1.54) is 6.26 Å². The van der Waals surface area contributed by atoms with E-state index in [9.17, 15) is 8.42 Å². The van der Waals surface area contributed by atoms with Gasteiger partial charge in [0.1, 0.15) is 0 Å². The number of hydrogen-bond donors (Lipinski definition) is 1. The highest BCUT2D eigenvalue weighted by Crippen LogP contribution is 2.28. The van der Waals surface area contributed by atoms with Crippen LogP contribution in [0.5, 0.6) is 0 Å². The summed E-state index contributed by atoms with van der Waals surface area (Å²) in [5.41, 5.74) is 1.77. The molecule has 0 amide bonds. The van der Waals surface area contributed by atoms with Crippen LogP contribution in [0.25, 0.3) is 0 Å². The lowest BCUT2D eigenvalue weighted by molar-refractivity contribution is 0.602. The molecule has 2 aromatic carbocycles. The second kappa shape index (κ2) is 6.62. The van der Waals surface area contributed by atoms with Gasteiger partial charge in [0.2, 0.25) is 0 Å². The average Bonchev–Trinajstić information content (AvgIpc) is 2.44. The van der Waals surface area contributed by atoms with E-state index in [0.29, 0.717) is 10.6 Å². The van der Waals surface area contributed by atoms with Gasteiger partial charge in [0.15, 0.2) is 9.84 Å². The molecule has 0 fully saturated rings. The smallest absolute Gasteiger partial charge is 0.177 e. The minimum absolute atomic E-state index is 0.0606. The second-order valence-corrected chi connectivity index (χ2v) is 7.83. The van der Waals surface area contributed by atoms with E-state index in [1.54, 1.807) is 18.2 Å². The van der Waals surface area contributed by atoms with E-state index in [2.05, 4.69) is 28.2 Å². The molecule has 0 spiro atoms. The number of hydrogen-bond acceptors (Lipinski definition) is 3. The summed E-state index contributed by atoms with van der Waals surface area (Å²) in [6.07, 6.45) is 2.09. The van der Waals surface area contributed by atoms with Gasteiger partial charge >= 0.3 is 0 Å². The molecule has 5 heteroatoms. The van der Waals surface area contributed by atoms with Crippen molar-refractivity contribution in [2.75, 3.05) is 11.6 Å². The molecule has 1 atom stereocenters. The van der Waals surface area contributed by atoms with E-state index >= 15 is 0 Å². The van der Waals surface area contributed by atoms with Gasteiger partial charge in [0.25, 0.3) is 0 Å². The van der Waals surface area contributed by atoms with Crippen LogP contribution in [0.1, 0.15) is 24.9 Å². The molecule has 3 nitrogen and oxygen atoms in total. The monoisotopic (exact) mass is 367 g/mol. The lowest BCUT2D eigenvalue weighted by Gasteiger charge is -2.20. The largest absolute Gasteiger partial charge is 0.377 e. The lowest BCUT2D eigenvalue weighted by Crippen LogP contribution is -2.12. The molecule has 1 unspecified atom stereocenters. The van der Waals surface area contributed by atoms with Crippen LogP contribution < -0.4 is 5.32 Å². The predicted octanol–water partition coefficient (Wildman–Crippen LogP) is 4.42. The van der Waals surface area contributed by atoms with Gasteiger partial charge in [-0.3, -0.25) is 0 Å². The minimum Gasteiger partial charge on any atom is -0.377 e. The molecular weight excluding hydrogens is 350 g/mol. The number of para-hydroxylation sites is 1. The molecule has 0 aromatic heterocycles. The van der Waals surface area contributed by atoms with Crippen LogP contribution in [0.3, 0.4) is 0 Å². The van der Waals surface area contributed by atoms with Gasteiger partial charge in [0.05, 0.1) is 16.6 Å². The standard InChI is InChI=1S/C16H18BrNO2S/c1-3-14(12-7-6-8-13(17)11-12)18-15-9-4-5-10-16(15)21(2,19)20/h4-11,14,18H,3H2,1-2H3. The fraction of sp³-hybridized carbons (Fsp3) is 0.250. The number of rotatable bonds is 5. The Balaban J connectivity index is 2.36. The van der Waals surface area contributed by atoms with Crippen molar-refractivity contribution >= 4 is 31.5 Å². The van der Waals surface area contributed by atoms with Crippen LogP contribution in [-0.4, -0.2) is 14.7 Å². The average molecular weight is 368 g/mol. The molecule has 0 heterocycles. The zero-order valence-corrected chi connectivity index (χ0v) is 14.4. The molecule has 2 aromatic rings. The Hall–Kier alpha value is -1.33. The van der Waals surface area contributed by atoms with E-state index in [1.807, 2.05) is 30.3 Å². The Labute approximate surface area is 134 Å². The van der Waals surface area contributed by atoms with E-state index < -0.39 is 9.84 Å². The van der Waals surface area contributed by atoms with Crippen molar-refractivity contribution in [2.45, 2.75) is 24.3 Å². The Bertz CT molecular complexity index is 729. The third-order valence-corrected chi connectivity index (χ3v) is 4.92. The first kappa shape index (κ1) is 16.0. The van der Waals surface area contributed by atoms with Crippen molar-refractivity contribution in [2.24, 2.45) is 0 Å². The highest BCUT2D eigenvalue weighted by molar-refractivity contribution is 9.10. The molecule has 112 valence electrons. The maximum atomic E-state index is 11.9. The lowest BCUT2D eigenvalue weighted by atomic mass is 10.0. The van der Waals surface area contributed by atoms with Gasteiger partial charge in [-0.05, 0) is 36.2 Å². The summed E-state index contributed by atoms with van der Waals surface area (Å²) in [7, 11) is -3.25. The Morgan fingerprint density at radius 3 is 2.48 bits per heavy atom. The molecule has 21 heavy (non-hydrogen) atoms. The van der Waals surface area contributed by atoms with Gasteiger partial charge in [-0.1, -0.05) is 47.1 Å². The number of benzene rings is 2. The van der Waals surface area contributed by atoms with E-state index in [-0.39, 0.29) is 6.04 Å². The van der Waals surface area contributed by atoms with Gasteiger partial charge in [-0.2, -0.15) is 0 Å². The molecule has 0 aliphatic rings. The fourth-order valence-corrected chi connectivity index (χ4v) is 3.51. The first-order valence-corrected chi connectivity index (χ1v) is 9.41. The quantitative estimate of drug-likeness (QED) is 0.850. The highest BCUT2D eigenvalue weighted by atomic mass is 79.9. The topological polar surface area (TPSA) is 46.2 Å². The van der Waals surface area contributed by atoms with Gasteiger partial charge in [0, 0.05) is 10.7 Å². The van der Waals surface area contributed by atoms with Crippen molar-refractivity contribution in [3.8, 4) is 0 Å². The number of anilines is 1. The van der Waals surface area contributed by atoms with Crippen molar-refractivity contribution < 1.29 is 8.42 Å². The zero-order chi connectivity index (χ0) is 15.5. The van der Waals surface area contributed by atoms with Crippen LogP contribution in [0.15, 0.2) is 57.9 Å². The summed E-state index contributed by atoms with van der Waals surface area (Å²) in [4.78, 5) is 0.332. The Kier molecular flexibility index (Phi) is 5.06. The first-order valence-electron chi connectivity index (χ1n) is 6.73. The Morgan fingerprint density at radius 1 is 1.14 bits per heavy atom. The summed E-state index contributed by atoms with van der Waals surface area (Å²) in [5, 5.41) is 3.35. The summed E-state index contributed by atoms with van der Waals surface area (Å²) >= 11 is 3.47. The van der Waals surface area contributed by atoms with Crippen LogP contribution in [0.2, 0.25) is 0 Å². The molecule has 1 N–H and O–H groups in total. The van der Waals surface area contributed by atoms with E-state index in [0.717, 1.165) is 16.5 Å². The molecule has 0 bridgehead atoms. The van der Waals surface area contributed by atoms with Crippen LogP contribution >= 0.6 is 15.9 Å². The summed E-state index contributed by atoms with van der Waals surface area (Å²) < 4.78 is 24.7. The van der Waals surface area contributed by atoms with Crippen LogP contribution in [-0.2, 0) is 9.84 Å². The second-order valence-electron chi connectivity index (χ2n) is 4.93. The normalized spacial score (nSPS) is 12.9. The summed E-state index contributed by atoms with van der Waals surface area (Å²) in [6.45, 7) is 2.07. The van der Waals surface area contributed by atoms with Gasteiger partial charge in [-0.25, -0.2) is 8.42 Å². The predicted molar refractivity (Wildman–Crippen MR) is 90.3 cm³/mol. The molecule has 0 radical (unpaired) electrons.